The molecule has 4 nitrogen and oxygen atoms in total. The highest BCUT2D eigenvalue weighted by Gasteiger charge is 2.18. The summed E-state index contributed by atoms with van der Waals surface area (Å²) in [5, 5.41) is 11.8. The van der Waals surface area contributed by atoms with Gasteiger partial charge in [0.2, 0.25) is 5.91 Å². The smallest absolute Gasteiger partial charge is 0.305 e. The van der Waals surface area contributed by atoms with E-state index in [0.717, 1.165) is 17.5 Å². The van der Waals surface area contributed by atoms with Gasteiger partial charge in [0.05, 0.1) is 18.9 Å². The first-order chi connectivity index (χ1) is 11.5. The number of carbonyl (C=O) groups excluding carboxylic acids is 1. The van der Waals surface area contributed by atoms with Crippen molar-refractivity contribution in [2.45, 2.75) is 32.2 Å². The van der Waals surface area contributed by atoms with Crippen molar-refractivity contribution >= 4 is 11.9 Å². The van der Waals surface area contributed by atoms with E-state index in [-0.39, 0.29) is 18.7 Å². The van der Waals surface area contributed by atoms with E-state index in [4.69, 9.17) is 5.11 Å². The van der Waals surface area contributed by atoms with E-state index in [9.17, 15) is 14.0 Å². The van der Waals surface area contributed by atoms with Gasteiger partial charge in [0.25, 0.3) is 0 Å². The van der Waals surface area contributed by atoms with Crippen molar-refractivity contribution in [1.82, 2.24) is 5.32 Å². The fourth-order valence-corrected chi connectivity index (χ4v) is 2.51. The van der Waals surface area contributed by atoms with Gasteiger partial charge in [0, 0.05) is 0 Å². The Hall–Kier alpha value is -2.69. The minimum Gasteiger partial charge on any atom is -0.481 e. The first kappa shape index (κ1) is 17.7. The minimum absolute atomic E-state index is 0.172. The van der Waals surface area contributed by atoms with Gasteiger partial charge < -0.3 is 10.4 Å². The maximum Gasteiger partial charge on any atom is 0.305 e. The maximum atomic E-state index is 13.0. The van der Waals surface area contributed by atoms with Gasteiger partial charge >= 0.3 is 5.97 Å². The molecule has 0 aromatic heterocycles. The Kier molecular flexibility index (Phi) is 6.07. The molecule has 0 aliphatic heterocycles. The topological polar surface area (TPSA) is 66.4 Å². The number of benzene rings is 2. The molecule has 0 spiro atoms. The van der Waals surface area contributed by atoms with Crippen LogP contribution < -0.4 is 5.32 Å². The van der Waals surface area contributed by atoms with E-state index in [1.54, 1.807) is 0 Å². The van der Waals surface area contributed by atoms with E-state index < -0.39 is 17.8 Å². The second-order valence-corrected chi connectivity index (χ2v) is 5.62. The highest BCUT2D eigenvalue weighted by atomic mass is 19.1. The van der Waals surface area contributed by atoms with Crippen LogP contribution in [-0.4, -0.2) is 17.0 Å². The van der Waals surface area contributed by atoms with Gasteiger partial charge in [0.15, 0.2) is 0 Å². The van der Waals surface area contributed by atoms with Gasteiger partial charge in [-0.25, -0.2) is 4.39 Å². The van der Waals surface area contributed by atoms with E-state index in [1.807, 2.05) is 31.2 Å². The van der Waals surface area contributed by atoms with Gasteiger partial charge in [-0.05, 0) is 35.2 Å². The Labute approximate surface area is 140 Å². The van der Waals surface area contributed by atoms with Gasteiger partial charge in [0.1, 0.15) is 5.82 Å². The van der Waals surface area contributed by atoms with E-state index in [1.165, 1.54) is 24.3 Å². The van der Waals surface area contributed by atoms with Gasteiger partial charge in [-0.15, -0.1) is 0 Å². The summed E-state index contributed by atoms with van der Waals surface area (Å²) in [4.78, 5) is 23.3. The van der Waals surface area contributed by atoms with Crippen molar-refractivity contribution in [3.63, 3.8) is 0 Å². The maximum absolute atomic E-state index is 13.0. The number of carboxylic acid groups (broad SMARTS) is 1. The monoisotopic (exact) mass is 329 g/mol. The second-order valence-electron chi connectivity index (χ2n) is 5.62. The van der Waals surface area contributed by atoms with Crippen LogP contribution in [0.15, 0.2) is 48.5 Å². The zero-order chi connectivity index (χ0) is 17.5. The molecule has 0 saturated heterocycles. The third-order valence-corrected chi connectivity index (χ3v) is 3.75. The van der Waals surface area contributed by atoms with Crippen LogP contribution in [0.4, 0.5) is 4.39 Å². The average Bonchev–Trinajstić information content (AvgIpc) is 2.54. The molecule has 1 unspecified atom stereocenters. The first-order valence-corrected chi connectivity index (χ1v) is 7.82. The summed E-state index contributed by atoms with van der Waals surface area (Å²) in [6, 6.07) is 12.5. The quantitative estimate of drug-likeness (QED) is 0.819. The average molecular weight is 329 g/mol. The van der Waals surface area contributed by atoms with Crippen LogP contribution in [0.2, 0.25) is 0 Å². The third-order valence-electron chi connectivity index (χ3n) is 3.75. The van der Waals surface area contributed by atoms with Crippen LogP contribution in [0, 0.1) is 5.82 Å². The number of carbonyl (C=O) groups is 2. The molecule has 0 heterocycles. The molecule has 2 aromatic rings. The van der Waals surface area contributed by atoms with Crippen molar-refractivity contribution in [2.24, 2.45) is 0 Å². The van der Waals surface area contributed by atoms with Crippen LogP contribution in [0.5, 0.6) is 0 Å². The lowest BCUT2D eigenvalue weighted by atomic mass is 10.0. The number of nitrogens with one attached hydrogen (secondary N) is 1. The van der Waals surface area contributed by atoms with Crippen molar-refractivity contribution < 1.29 is 19.1 Å². The van der Waals surface area contributed by atoms with Crippen molar-refractivity contribution in [3.8, 4) is 0 Å². The highest BCUT2D eigenvalue weighted by molar-refractivity contribution is 5.80. The fourth-order valence-electron chi connectivity index (χ4n) is 2.51. The third kappa shape index (κ3) is 5.19. The fraction of sp³-hybridized carbons (Fsp3) is 0.263. The molecule has 0 bridgehead atoms. The molecule has 5 heteroatoms. The first-order valence-electron chi connectivity index (χ1n) is 7.82. The standard InChI is InChI=1S/C19H20FNO3/c1-2-13-4-3-5-14(10-13)11-18(22)21-17(12-19(23)24)15-6-8-16(20)9-7-15/h3-10,17H,2,11-12H2,1H3,(H,21,22)(H,23,24). The van der Waals surface area contributed by atoms with Crippen molar-refractivity contribution in [1.29, 1.82) is 0 Å². The molecular weight excluding hydrogens is 309 g/mol. The summed E-state index contributed by atoms with van der Waals surface area (Å²) in [5.74, 6) is -1.70. The van der Waals surface area contributed by atoms with Gasteiger partial charge in [-0.1, -0.05) is 43.3 Å². The predicted octanol–water partition coefficient (Wildman–Crippen LogP) is 3.26. The minimum atomic E-state index is -1.03. The number of halogens is 1. The van der Waals surface area contributed by atoms with E-state index in [0.29, 0.717) is 5.56 Å². The Morgan fingerprint density at radius 3 is 2.42 bits per heavy atom. The molecule has 0 aliphatic rings. The van der Waals surface area contributed by atoms with Crippen LogP contribution in [-0.2, 0) is 22.4 Å². The van der Waals surface area contributed by atoms with E-state index in [2.05, 4.69) is 5.32 Å². The zero-order valence-corrected chi connectivity index (χ0v) is 13.5. The van der Waals surface area contributed by atoms with E-state index >= 15 is 0 Å². The lowest BCUT2D eigenvalue weighted by Gasteiger charge is -2.17. The molecule has 2 rings (SSSR count). The number of rotatable bonds is 7. The molecule has 0 fully saturated rings. The molecule has 126 valence electrons. The SMILES string of the molecule is CCc1cccc(CC(=O)NC(CC(=O)O)c2ccc(F)cc2)c1. The summed E-state index contributed by atoms with van der Waals surface area (Å²) in [6.07, 6.45) is 0.796. The van der Waals surface area contributed by atoms with Gasteiger partial charge in [-0.3, -0.25) is 9.59 Å². The molecule has 2 aromatic carbocycles. The lowest BCUT2D eigenvalue weighted by Crippen LogP contribution is -2.31. The highest BCUT2D eigenvalue weighted by Crippen LogP contribution is 2.18. The van der Waals surface area contributed by atoms with Gasteiger partial charge in [-0.2, -0.15) is 0 Å². The Morgan fingerprint density at radius 2 is 1.79 bits per heavy atom. The largest absolute Gasteiger partial charge is 0.481 e. The number of aryl methyl sites for hydroxylation is 1. The molecule has 2 N–H and O–H groups in total. The number of carboxylic acids is 1. The number of aliphatic carboxylic acids is 1. The van der Waals surface area contributed by atoms with Crippen LogP contribution >= 0.6 is 0 Å². The molecular formula is C19H20FNO3. The molecule has 1 atom stereocenters. The number of amides is 1. The summed E-state index contributed by atoms with van der Waals surface area (Å²) in [6.45, 7) is 2.04. The zero-order valence-electron chi connectivity index (χ0n) is 13.5. The van der Waals surface area contributed by atoms with Crippen molar-refractivity contribution in [2.75, 3.05) is 0 Å². The van der Waals surface area contributed by atoms with Crippen molar-refractivity contribution in [3.05, 3.63) is 71.0 Å². The second kappa shape index (κ2) is 8.24. The molecule has 0 aliphatic carbocycles. The number of hydrogen-bond acceptors (Lipinski definition) is 2. The summed E-state index contributed by atoms with van der Waals surface area (Å²) < 4.78 is 13.0. The lowest BCUT2D eigenvalue weighted by molar-refractivity contribution is -0.137. The molecule has 24 heavy (non-hydrogen) atoms. The number of hydrogen-bond donors (Lipinski definition) is 2. The Bertz CT molecular complexity index is 713. The molecule has 1 amide bonds. The summed E-state index contributed by atoms with van der Waals surface area (Å²) in [7, 11) is 0. The van der Waals surface area contributed by atoms with Crippen LogP contribution in [0.1, 0.15) is 36.1 Å². The Balaban J connectivity index is 2.08. The summed E-state index contributed by atoms with van der Waals surface area (Å²) in [5.41, 5.74) is 2.58. The molecule has 0 saturated carbocycles. The molecule has 0 radical (unpaired) electrons. The predicted molar refractivity (Wildman–Crippen MR) is 89.1 cm³/mol. The van der Waals surface area contributed by atoms with Crippen LogP contribution in [0.3, 0.4) is 0 Å². The summed E-state index contributed by atoms with van der Waals surface area (Å²) >= 11 is 0. The Morgan fingerprint density at radius 1 is 1.12 bits per heavy atom. The van der Waals surface area contributed by atoms with Crippen LogP contribution in [0.25, 0.3) is 0 Å². The normalized spacial score (nSPS) is 11.8.